The highest BCUT2D eigenvalue weighted by atomic mass is 32.1. The van der Waals surface area contributed by atoms with Gasteiger partial charge in [0.2, 0.25) is 0 Å². The van der Waals surface area contributed by atoms with Crippen LogP contribution >= 0.6 is 11.3 Å². The molecule has 4 aliphatic carbocycles. The molecule has 0 N–H and O–H groups in total. The van der Waals surface area contributed by atoms with Crippen LogP contribution in [0.4, 0.5) is 34.1 Å². The topological polar surface area (TPSA) is 6.48 Å². The minimum absolute atomic E-state index is 0.125. The smallest absolute Gasteiger partial charge is 0.0820 e. The van der Waals surface area contributed by atoms with Crippen LogP contribution in [0.3, 0.4) is 0 Å². The number of hydrogen-bond donors (Lipinski definition) is 0. The number of anilines is 6. The van der Waals surface area contributed by atoms with E-state index in [4.69, 9.17) is 0 Å². The Hall–Kier alpha value is -8.24. The first-order valence-electron chi connectivity index (χ1n) is 25.3. The van der Waals surface area contributed by atoms with Crippen LogP contribution in [0, 0.1) is 0 Å². The molecule has 2 nitrogen and oxygen atoms in total. The molecule has 11 aromatic rings. The third kappa shape index (κ3) is 5.44. The molecule has 0 fully saturated rings. The number of nitrogens with zero attached hydrogens (tertiary/aromatic N) is 2. The molecule has 15 rings (SSSR count). The van der Waals surface area contributed by atoms with Crippen LogP contribution in [0.5, 0.6) is 0 Å². The van der Waals surface area contributed by atoms with E-state index in [1.807, 2.05) is 11.3 Å². The summed E-state index contributed by atoms with van der Waals surface area (Å²) in [5.41, 5.74) is 26.1. The largest absolute Gasteiger partial charge is 0.310 e. The van der Waals surface area contributed by atoms with E-state index in [9.17, 15) is 0 Å². The van der Waals surface area contributed by atoms with E-state index in [1.165, 1.54) is 104 Å². The molecule has 0 saturated carbocycles. The quantitative estimate of drug-likeness (QED) is 0.164. The number of benzene rings is 10. The van der Waals surface area contributed by atoms with Gasteiger partial charge < -0.3 is 9.80 Å². The maximum atomic E-state index is 2.52. The third-order valence-corrected chi connectivity index (χ3v) is 18.1. The zero-order valence-corrected chi connectivity index (χ0v) is 41.6. The standard InChI is InChI=1S/C69H50N2S/c1-67(2)55-28-15-11-24-48(55)50-37-34-46(41-60(50)67)70(43-20-7-5-8-21-43)45-36-39-58-54(40-45)64-53-27-14-18-33-63(53)72-66(64)69(58)57-30-17-13-26-52(57)65-59(69)31-19-32-62(65)71(44-22-9-6-10-23-44)47-35-38-51-49-25-12-16-29-56(49)68(3,4)61(51)42-47/h5-42H,1-4H3. The Kier molecular flexibility index (Phi) is 8.59. The van der Waals surface area contributed by atoms with Crippen molar-refractivity contribution in [3.63, 3.8) is 0 Å². The van der Waals surface area contributed by atoms with Crippen molar-refractivity contribution in [3.05, 3.63) is 274 Å². The molecule has 1 spiro atoms. The minimum Gasteiger partial charge on any atom is -0.310 e. The second kappa shape index (κ2) is 14.9. The molecule has 0 bridgehead atoms. The highest BCUT2D eigenvalue weighted by Gasteiger charge is 2.54. The van der Waals surface area contributed by atoms with Gasteiger partial charge in [-0.3, -0.25) is 0 Å². The molecule has 1 aromatic heterocycles. The number of rotatable bonds is 6. The SMILES string of the molecule is CC1(C)c2ccccc2-c2ccc(N(c3ccccc3)c3ccc4c(c3)-c3c(sc5ccccc35)C43c4ccccc4-c4c(N(c5ccccc5)c5ccc6c(c5)C(C)(C)c5ccccc5-6)cccc43)cc21. The van der Waals surface area contributed by atoms with Crippen molar-refractivity contribution in [1.29, 1.82) is 0 Å². The van der Waals surface area contributed by atoms with Gasteiger partial charge in [0.1, 0.15) is 0 Å². The molecule has 3 heteroatoms. The number of fused-ring (bicyclic) bond motifs is 18. The van der Waals surface area contributed by atoms with E-state index in [1.54, 1.807) is 0 Å². The van der Waals surface area contributed by atoms with E-state index in [0.29, 0.717) is 0 Å². The number of para-hydroxylation sites is 2. The lowest BCUT2D eigenvalue weighted by Crippen LogP contribution is -2.25. The van der Waals surface area contributed by atoms with Gasteiger partial charge in [-0.25, -0.2) is 0 Å². The van der Waals surface area contributed by atoms with Gasteiger partial charge in [0.15, 0.2) is 0 Å². The van der Waals surface area contributed by atoms with E-state index in [2.05, 4.69) is 268 Å². The monoisotopic (exact) mass is 938 g/mol. The van der Waals surface area contributed by atoms with Gasteiger partial charge in [-0.2, -0.15) is 0 Å². The van der Waals surface area contributed by atoms with Crippen LogP contribution in [0.15, 0.2) is 231 Å². The molecule has 0 aliphatic heterocycles. The highest BCUT2D eigenvalue weighted by Crippen LogP contribution is 2.68. The van der Waals surface area contributed by atoms with Crippen LogP contribution in [-0.4, -0.2) is 0 Å². The molecule has 10 aromatic carbocycles. The highest BCUT2D eigenvalue weighted by molar-refractivity contribution is 7.20. The fraction of sp³-hybridized carbons (Fsp3) is 0.101. The van der Waals surface area contributed by atoms with Crippen molar-refractivity contribution in [2.75, 3.05) is 9.80 Å². The lowest BCUT2D eigenvalue weighted by Gasteiger charge is -2.32. The molecule has 1 atom stereocenters. The molecule has 4 aliphatic rings. The van der Waals surface area contributed by atoms with Crippen molar-refractivity contribution in [2.24, 2.45) is 0 Å². The number of hydrogen-bond acceptors (Lipinski definition) is 3. The molecule has 0 radical (unpaired) electrons. The summed E-state index contributed by atoms with van der Waals surface area (Å²) < 4.78 is 1.31. The van der Waals surface area contributed by atoms with Gasteiger partial charge >= 0.3 is 0 Å². The molecule has 1 heterocycles. The van der Waals surface area contributed by atoms with Crippen LogP contribution in [0.1, 0.15) is 71.5 Å². The zero-order chi connectivity index (χ0) is 48.1. The van der Waals surface area contributed by atoms with Crippen LogP contribution in [-0.2, 0) is 16.2 Å². The summed E-state index contributed by atoms with van der Waals surface area (Å²) >= 11 is 1.97. The predicted molar refractivity (Wildman–Crippen MR) is 303 cm³/mol. The minimum atomic E-state index is -0.542. The average Bonchev–Trinajstić information content (AvgIpc) is 4.16. The van der Waals surface area contributed by atoms with Crippen molar-refractivity contribution < 1.29 is 0 Å². The fourth-order valence-corrected chi connectivity index (χ4v) is 15.1. The molecule has 72 heavy (non-hydrogen) atoms. The van der Waals surface area contributed by atoms with Gasteiger partial charge in [-0.05, 0) is 145 Å². The first-order chi connectivity index (χ1) is 35.2. The molecule has 0 amide bonds. The molecule has 0 saturated heterocycles. The molecular weight excluding hydrogens is 889 g/mol. The Morgan fingerprint density at radius 2 is 0.778 bits per heavy atom. The summed E-state index contributed by atoms with van der Waals surface area (Å²) in [4.78, 5) is 6.39. The lowest BCUT2D eigenvalue weighted by atomic mass is 9.74. The normalized spacial score (nSPS) is 16.3. The second-order valence-corrected chi connectivity index (χ2v) is 22.2. The third-order valence-electron chi connectivity index (χ3n) is 16.8. The zero-order valence-electron chi connectivity index (χ0n) is 40.7. The second-order valence-electron chi connectivity index (χ2n) is 21.2. The Bertz CT molecular complexity index is 4060. The van der Waals surface area contributed by atoms with Gasteiger partial charge in [0.25, 0.3) is 0 Å². The Balaban J connectivity index is 0.961. The summed E-state index contributed by atoms with van der Waals surface area (Å²) in [5.74, 6) is 0. The van der Waals surface area contributed by atoms with Crippen LogP contribution in [0.25, 0.3) is 54.6 Å². The van der Waals surface area contributed by atoms with Crippen molar-refractivity contribution in [2.45, 2.75) is 43.9 Å². The maximum absolute atomic E-state index is 2.52. The summed E-state index contributed by atoms with van der Waals surface area (Å²) in [5, 5.41) is 1.31. The van der Waals surface area contributed by atoms with Gasteiger partial charge in [0.05, 0.1) is 11.1 Å². The Labute approximate surface area is 425 Å². The summed E-state index contributed by atoms with van der Waals surface area (Å²) in [6.07, 6.45) is 0. The Morgan fingerprint density at radius 1 is 0.306 bits per heavy atom. The predicted octanol–water partition coefficient (Wildman–Crippen LogP) is 18.8. The van der Waals surface area contributed by atoms with E-state index in [0.717, 1.165) is 28.4 Å². The average molecular weight is 939 g/mol. The van der Waals surface area contributed by atoms with Gasteiger partial charge in [-0.1, -0.05) is 185 Å². The lowest BCUT2D eigenvalue weighted by molar-refractivity contribution is 0.660. The van der Waals surface area contributed by atoms with Crippen molar-refractivity contribution in [3.8, 4) is 44.5 Å². The summed E-state index contributed by atoms with van der Waals surface area (Å²) in [6, 6.07) is 87.0. The molecular formula is C69H50N2S. The first-order valence-corrected chi connectivity index (χ1v) is 26.2. The molecule has 1 unspecified atom stereocenters. The Morgan fingerprint density at radius 3 is 1.43 bits per heavy atom. The van der Waals surface area contributed by atoms with Crippen molar-refractivity contribution in [1.82, 2.24) is 0 Å². The maximum Gasteiger partial charge on any atom is 0.0820 e. The van der Waals surface area contributed by atoms with Crippen molar-refractivity contribution >= 4 is 55.5 Å². The summed E-state index contributed by atoms with van der Waals surface area (Å²) in [7, 11) is 0. The summed E-state index contributed by atoms with van der Waals surface area (Å²) in [6.45, 7) is 9.51. The van der Waals surface area contributed by atoms with Crippen LogP contribution in [0.2, 0.25) is 0 Å². The van der Waals surface area contributed by atoms with Gasteiger partial charge in [-0.15, -0.1) is 11.3 Å². The van der Waals surface area contributed by atoms with Crippen LogP contribution < -0.4 is 9.80 Å². The molecule has 342 valence electrons. The van der Waals surface area contributed by atoms with E-state index >= 15 is 0 Å². The first kappa shape index (κ1) is 41.5. The number of thiophene rings is 1. The van der Waals surface area contributed by atoms with E-state index < -0.39 is 5.41 Å². The fourth-order valence-electron chi connectivity index (χ4n) is 13.6. The van der Waals surface area contributed by atoms with Gasteiger partial charge in [0, 0.05) is 65.4 Å². The van der Waals surface area contributed by atoms with E-state index in [-0.39, 0.29) is 10.8 Å².